The number of nitrogen functional groups attached to an aromatic ring is 1. The number of hydrogen-bond acceptors (Lipinski definition) is 6. The van der Waals surface area contributed by atoms with Gasteiger partial charge in [0.25, 0.3) is 6.29 Å². The number of anilines is 1. The Labute approximate surface area is 99.8 Å². The first-order chi connectivity index (χ1) is 7.19. The van der Waals surface area contributed by atoms with Gasteiger partial charge in [0.2, 0.25) is 0 Å². The topological polar surface area (TPSA) is 77.6 Å². The molecule has 15 heavy (non-hydrogen) atoms. The molecular formula is C7H6Cl2N3O2S. The molecule has 1 rings (SSSR count). The first-order valence-electron chi connectivity index (χ1n) is 3.75. The Hall–Kier alpha value is -0.850. The van der Waals surface area contributed by atoms with Gasteiger partial charge in [0.1, 0.15) is 16.6 Å². The van der Waals surface area contributed by atoms with Crippen molar-refractivity contribution in [3.63, 3.8) is 0 Å². The summed E-state index contributed by atoms with van der Waals surface area (Å²) in [5.41, 5.74) is 5.45. The molecule has 2 N–H and O–H groups in total. The summed E-state index contributed by atoms with van der Waals surface area (Å²) in [6, 6.07) is 0. The summed E-state index contributed by atoms with van der Waals surface area (Å²) in [4.78, 5) is 19.1. The van der Waals surface area contributed by atoms with Gasteiger partial charge in [0.15, 0.2) is 10.8 Å². The largest absolute Gasteiger partial charge is 0.394 e. The quantitative estimate of drug-likeness (QED) is 0.379. The Morgan fingerprint density at radius 2 is 2.47 bits per heavy atom. The van der Waals surface area contributed by atoms with Crippen LogP contribution in [0, 0.1) is 0 Å². The third-order valence-corrected chi connectivity index (χ3v) is 2.49. The Bertz CT molecular complexity index is 380. The summed E-state index contributed by atoms with van der Waals surface area (Å²) < 4.78 is 0.268. The van der Waals surface area contributed by atoms with Gasteiger partial charge < -0.3 is 10.6 Å². The Kier molecular flexibility index (Phi) is 4.80. The van der Waals surface area contributed by atoms with Crippen LogP contribution in [0.2, 0.25) is 4.34 Å². The van der Waals surface area contributed by atoms with Crippen molar-refractivity contribution >= 4 is 51.7 Å². The monoisotopic (exact) mass is 266 g/mol. The second-order valence-electron chi connectivity index (χ2n) is 2.24. The summed E-state index contributed by atoms with van der Waals surface area (Å²) >= 11 is 12.2. The Balaban J connectivity index is 2.87. The van der Waals surface area contributed by atoms with Crippen molar-refractivity contribution in [2.45, 2.75) is 0 Å². The van der Waals surface area contributed by atoms with Crippen molar-refractivity contribution in [2.24, 2.45) is 5.16 Å². The number of rotatable bonds is 5. The van der Waals surface area contributed by atoms with E-state index < -0.39 is 0 Å². The fourth-order valence-corrected chi connectivity index (χ4v) is 1.72. The number of nitrogens with two attached hydrogens (primary N) is 1. The van der Waals surface area contributed by atoms with Crippen LogP contribution in [-0.4, -0.2) is 29.5 Å². The van der Waals surface area contributed by atoms with E-state index in [1.165, 1.54) is 0 Å². The molecule has 0 fully saturated rings. The number of aromatic nitrogens is 1. The molecule has 1 aromatic heterocycles. The number of nitrogens with zero attached hydrogens (tertiary/aromatic N) is 2. The van der Waals surface area contributed by atoms with Crippen molar-refractivity contribution in [1.29, 1.82) is 0 Å². The summed E-state index contributed by atoms with van der Waals surface area (Å²) in [5, 5.41) is 3.73. The predicted molar refractivity (Wildman–Crippen MR) is 60.4 cm³/mol. The van der Waals surface area contributed by atoms with Crippen LogP contribution in [0.3, 0.4) is 0 Å². The number of halogens is 2. The number of oxime groups is 1. The van der Waals surface area contributed by atoms with E-state index in [1.807, 2.05) is 0 Å². The van der Waals surface area contributed by atoms with Crippen LogP contribution in [-0.2, 0) is 9.63 Å². The van der Waals surface area contributed by atoms with Crippen LogP contribution in [0.1, 0.15) is 5.69 Å². The van der Waals surface area contributed by atoms with Gasteiger partial charge in [-0.05, 0) is 0 Å². The zero-order chi connectivity index (χ0) is 11.3. The molecule has 81 valence electrons. The highest BCUT2D eigenvalue weighted by Crippen LogP contribution is 2.25. The highest BCUT2D eigenvalue weighted by atomic mass is 35.5. The Morgan fingerprint density at radius 3 is 2.93 bits per heavy atom. The normalized spacial score (nSPS) is 11.5. The average molecular weight is 267 g/mol. The lowest BCUT2D eigenvalue weighted by atomic mass is 10.3. The maximum Gasteiger partial charge on any atom is 0.259 e. The minimum absolute atomic E-state index is 0.127. The van der Waals surface area contributed by atoms with Gasteiger partial charge >= 0.3 is 0 Å². The molecule has 1 aromatic rings. The minimum atomic E-state index is -0.127. The summed E-state index contributed by atoms with van der Waals surface area (Å²) in [5.74, 6) is 0.266. The maximum absolute atomic E-state index is 10.6. The molecule has 0 atom stereocenters. The smallest absolute Gasteiger partial charge is 0.259 e. The van der Waals surface area contributed by atoms with Crippen molar-refractivity contribution < 1.29 is 9.63 Å². The summed E-state index contributed by atoms with van der Waals surface area (Å²) in [6.07, 6.45) is 1.57. The van der Waals surface area contributed by atoms with Crippen LogP contribution in [0.25, 0.3) is 0 Å². The standard InChI is InChI=1S/C7H6Cl2N3O2S/c8-1-2-14-12-4(3-13)5-6(9)15-7(10)11-5/h1-2H2,(H2,10,11)/b12-4+. The Morgan fingerprint density at radius 1 is 1.73 bits per heavy atom. The fraction of sp³-hybridized carbons (Fsp3) is 0.286. The van der Waals surface area contributed by atoms with Crippen molar-refractivity contribution in [2.75, 3.05) is 18.2 Å². The van der Waals surface area contributed by atoms with Gasteiger partial charge in [-0.2, -0.15) is 0 Å². The van der Waals surface area contributed by atoms with Crippen molar-refractivity contribution in [3.8, 4) is 0 Å². The molecule has 8 heteroatoms. The third kappa shape index (κ3) is 3.33. The molecule has 0 spiro atoms. The van der Waals surface area contributed by atoms with E-state index in [0.717, 1.165) is 11.3 Å². The number of hydrogen-bond donors (Lipinski definition) is 1. The highest BCUT2D eigenvalue weighted by molar-refractivity contribution is 7.19. The molecule has 1 radical (unpaired) electrons. The van der Waals surface area contributed by atoms with Crippen LogP contribution >= 0.6 is 34.5 Å². The van der Waals surface area contributed by atoms with E-state index in [1.54, 1.807) is 6.29 Å². The van der Waals surface area contributed by atoms with E-state index in [4.69, 9.17) is 33.8 Å². The SMILES string of the molecule is Nc1nc(/C([C]=O)=N/OCCCl)c(Cl)s1. The molecule has 0 bridgehead atoms. The van der Waals surface area contributed by atoms with E-state index in [9.17, 15) is 4.79 Å². The third-order valence-electron chi connectivity index (χ3n) is 1.25. The number of thiazole rings is 1. The highest BCUT2D eigenvalue weighted by Gasteiger charge is 2.14. The van der Waals surface area contributed by atoms with E-state index in [0.29, 0.717) is 0 Å². The van der Waals surface area contributed by atoms with Crippen molar-refractivity contribution in [3.05, 3.63) is 10.0 Å². The molecule has 0 unspecified atom stereocenters. The van der Waals surface area contributed by atoms with Crippen LogP contribution in [0.15, 0.2) is 5.16 Å². The van der Waals surface area contributed by atoms with Crippen molar-refractivity contribution in [1.82, 2.24) is 4.98 Å². The van der Waals surface area contributed by atoms with E-state index in [2.05, 4.69) is 10.1 Å². The van der Waals surface area contributed by atoms with Crippen LogP contribution in [0.4, 0.5) is 5.13 Å². The number of alkyl halides is 1. The molecule has 0 amide bonds. The van der Waals surface area contributed by atoms with Gasteiger partial charge in [-0.1, -0.05) is 28.1 Å². The van der Waals surface area contributed by atoms with E-state index in [-0.39, 0.29) is 33.4 Å². The second kappa shape index (κ2) is 5.89. The molecule has 5 nitrogen and oxygen atoms in total. The lowest BCUT2D eigenvalue weighted by Crippen LogP contribution is -2.05. The maximum atomic E-state index is 10.6. The molecule has 0 aliphatic heterocycles. The lowest BCUT2D eigenvalue weighted by molar-refractivity contribution is 0.161. The number of carbonyl (C=O) groups excluding carboxylic acids is 1. The first-order valence-corrected chi connectivity index (χ1v) is 5.48. The zero-order valence-corrected chi connectivity index (χ0v) is 9.70. The molecule has 0 saturated carbocycles. The van der Waals surface area contributed by atoms with Crippen LogP contribution in [0.5, 0.6) is 0 Å². The van der Waals surface area contributed by atoms with Crippen LogP contribution < -0.4 is 5.73 Å². The zero-order valence-electron chi connectivity index (χ0n) is 7.37. The van der Waals surface area contributed by atoms with E-state index >= 15 is 0 Å². The second-order valence-corrected chi connectivity index (χ2v) is 4.25. The average Bonchev–Trinajstić information content (AvgIpc) is 2.53. The van der Waals surface area contributed by atoms with Gasteiger partial charge in [-0.25, -0.2) is 4.98 Å². The molecule has 1 heterocycles. The molecule has 0 aliphatic carbocycles. The fourth-order valence-electron chi connectivity index (χ4n) is 0.718. The summed E-state index contributed by atoms with van der Waals surface area (Å²) in [6.45, 7) is 0.184. The first kappa shape index (κ1) is 12.2. The lowest BCUT2D eigenvalue weighted by Gasteiger charge is -1.95. The minimum Gasteiger partial charge on any atom is -0.394 e. The molecular weight excluding hydrogens is 261 g/mol. The molecule has 0 aliphatic rings. The van der Waals surface area contributed by atoms with Gasteiger partial charge in [-0.3, -0.25) is 4.79 Å². The molecule has 0 saturated heterocycles. The van der Waals surface area contributed by atoms with Gasteiger partial charge in [-0.15, -0.1) is 11.6 Å². The summed E-state index contributed by atoms with van der Waals surface area (Å²) in [7, 11) is 0. The van der Waals surface area contributed by atoms with Gasteiger partial charge in [0, 0.05) is 0 Å². The van der Waals surface area contributed by atoms with Gasteiger partial charge in [0.05, 0.1) is 5.88 Å². The molecule has 0 aromatic carbocycles. The predicted octanol–water partition coefficient (Wildman–Crippen LogP) is 1.45.